The van der Waals surface area contributed by atoms with Crippen molar-refractivity contribution >= 4 is 34.8 Å². The molecule has 5 heteroatoms. The van der Waals surface area contributed by atoms with Gasteiger partial charge in [-0.2, -0.15) is 0 Å². The van der Waals surface area contributed by atoms with Gasteiger partial charge in [0.25, 0.3) is 0 Å². The summed E-state index contributed by atoms with van der Waals surface area (Å²) in [5.74, 6) is 1.90. The Bertz CT molecular complexity index is 3240. The molecule has 0 radical (unpaired) electrons. The summed E-state index contributed by atoms with van der Waals surface area (Å²) in [6, 6.07) is 68.0. The number of rotatable bonds is 7. The van der Waals surface area contributed by atoms with Crippen LogP contribution in [0, 0.1) is 0 Å². The van der Waals surface area contributed by atoms with Crippen molar-refractivity contribution in [2.24, 2.45) is 0 Å². The Morgan fingerprint density at radius 3 is 1.69 bits per heavy atom. The minimum absolute atomic E-state index is 0.492. The first-order valence-electron chi connectivity index (χ1n) is 21.0. The van der Waals surface area contributed by atoms with E-state index in [4.69, 9.17) is 15.0 Å². The second-order valence-electron chi connectivity index (χ2n) is 17.0. The van der Waals surface area contributed by atoms with Crippen LogP contribution in [0.1, 0.15) is 22.3 Å². The highest BCUT2D eigenvalue weighted by molar-refractivity contribution is 6.88. The molecule has 0 fully saturated rings. The van der Waals surface area contributed by atoms with Crippen molar-refractivity contribution in [1.82, 2.24) is 19.9 Å². The second kappa shape index (κ2) is 14.4. The van der Waals surface area contributed by atoms with E-state index in [0.29, 0.717) is 17.5 Å². The number of hydrogen-bond acceptors (Lipinski definition) is 4. The Labute approximate surface area is 357 Å². The van der Waals surface area contributed by atoms with Crippen LogP contribution in [-0.2, 0) is 5.41 Å². The molecule has 2 heterocycles. The zero-order chi connectivity index (χ0) is 41.1. The Balaban J connectivity index is 1.11. The summed E-state index contributed by atoms with van der Waals surface area (Å²) < 4.78 is 0. The smallest absolute Gasteiger partial charge is 0.164 e. The Hall–Kier alpha value is -7.34. The van der Waals surface area contributed by atoms with Gasteiger partial charge < -0.3 is 0 Å². The molecule has 0 saturated carbocycles. The van der Waals surface area contributed by atoms with Gasteiger partial charge in [-0.1, -0.05) is 195 Å². The van der Waals surface area contributed by atoms with Crippen LogP contribution in [0.5, 0.6) is 0 Å². The van der Waals surface area contributed by atoms with E-state index in [1.165, 1.54) is 38.6 Å². The van der Waals surface area contributed by atoms with Crippen molar-refractivity contribution in [2.45, 2.75) is 25.1 Å². The maximum atomic E-state index is 5.27. The monoisotopic (exact) mass is 798 g/mol. The van der Waals surface area contributed by atoms with E-state index in [9.17, 15) is 0 Å². The van der Waals surface area contributed by atoms with Gasteiger partial charge in [0.15, 0.2) is 17.5 Å². The molecule has 0 bridgehead atoms. The van der Waals surface area contributed by atoms with Crippen molar-refractivity contribution in [3.05, 3.63) is 223 Å². The summed E-state index contributed by atoms with van der Waals surface area (Å²) in [7, 11) is -1.50. The van der Waals surface area contributed by atoms with E-state index in [0.717, 1.165) is 49.4 Å². The van der Waals surface area contributed by atoms with Crippen LogP contribution in [-0.4, -0.2) is 28.0 Å². The highest BCUT2D eigenvalue weighted by Crippen LogP contribution is 2.57. The summed E-state index contributed by atoms with van der Waals surface area (Å²) in [5, 5.41) is 5.71. The van der Waals surface area contributed by atoms with Crippen molar-refractivity contribution in [3.8, 4) is 56.4 Å². The highest BCUT2D eigenvalue weighted by Gasteiger charge is 2.46. The van der Waals surface area contributed by atoms with Gasteiger partial charge >= 0.3 is 0 Å². The van der Waals surface area contributed by atoms with Gasteiger partial charge in [-0.3, -0.25) is 4.98 Å². The fourth-order valence-corrected chi connectivity index (χ4v) is 10.7. The largest absolute Gasteiger partial charge is 0.264 e. The number of pyridine rings is 1. The zero-order valence-electron chi connectivity index (χ0n) is 34.3. The van der Waals surface area contributed by atoms with Gasteiger partial charge in [-0.15, -0.1) is 0 Å². The summed E-state index contributed by atoms with van der Waals surface area (Å²) in [6.45, 7) is 7.11. The van der Waals surface area contributed by atoms with Gasteiger partial charge in [-0.25, -0.2) is 15.0 Å². The quantitative estimate of drug-likeness (QED) is 0.151. The molecule has 2 aromatic heterocycles. The number of benzene rings is 8. The normalized spacial score (nSPS) is 13.0. The molecule has 10 aromatic rings. The molecular weight excluding hydrogens is 757 g/mol. The number of aromatic nitrogens is 4. The van der Waals surface area contributed by atoms with Gasteiger partial charge in [-0.05, 0) is 78.9 Å². The standard InChI is InChI=1S/C56H42N4Si/c1-61(2,3)42-28-25-38(26-29-42)53-58-54(48-23-14-16-37-15-10-11-21-43(37)48)60-55(59-53)49-32-31-44(45-33-34-57-36-50(45)49)39-27-30-47-46-22-12-13-24-51(46)56(52(47)35-39,40-17-6-4-7-18-40)41-19-8-5-9-20-41/h4-36H,1-3H3. The molecule has 0 atom stereocenters. The molecule has 1 aliphatic carbocycles. The van der Waals surface area contributed by atoms with Crippen LogP contribution in [0.2, 0.25) is 19.6 Å². The third kappa shape index (κ3) is 6.03. The van der Waals surface area contributed by atoms with E-state index in [-0.39, 0.29) is 0 Å². The van der Waals surface area contributed by atoms with Crippen molar-refractivity contribution in [1.29, 1.82) is 0 Å². The van der Waals surface area contributed by atoms with Crippen LogP contribution in [0.25, 0.3) is 78.0 Å². The van der Waals surface area contributed by atoms with Crippen LogP contribution in [0.15, 0.2) is 200 Å². The average molecular weight is 799 g/mol. The summed E-state index contributed by atoms with van der Waals surface area (Å²) >= 11 is 0. The minimum atomic E-state index is -1.50. The molecular formula is C56H42N4Si. The maximum Gasteiger partial charge on any atom is 0.164 e. The number of fused-ring (bicyclic) bond motifs is 5. The first-order valence-corrected chi connectivity index (χ1v) is 24.5. The first kappa shape index (κ1) is 36.7. The zero-order valence-corrected chi connectivity index (χ0v) is 35.3. The third-order valence-corrected chi connectivity index (χ3v) is 14.6. The van der Waals surface area contributed by atoms with Crippen molar-refractivity contribution < 1.29 is 0 Å². The molecule has 0 spiro atoms. The molecule has 0 saturated heterocycles. The average Bonchev–Trinajstić information content (AvgIpc) is 3.61. The van der Waals surface area contributed by atoms with Crippen LogP contribution in [0.3, 0.4) is 0 Å². The van der Waals surface area contributed by atoms with E-state index >= 15 is 0 Å². The number of hydrogen-bond donors (Lipinski definition) is 0. The molecule has 1 aliphatic rings. The highest BCUT2D eigenvalue weighted by atomic mass is 28.3. The van der Waals surface area contributed by atoms with Gasteiger partial charge in [0, 0.05) is 34.5 Å². The Morgan fingerprint density at radius 1 is 0.393 bits per heavy atom. The fraction of sp³-hybridized carbons (Fsp3) is 0.0714. The minimum Gasteiger partial charge on any atom is -0.264 e. The number of nitrogens with zero attached hydrogens (tertiary/aromatic N) is 4. The lowest BCUT2D eigenvalue weighted by molar-refractivity contribution is 0.769. The van der Waals surface area contributed by atoms with Crippen LogP contribution in [0.4, 0.5) is 0 Å². The van der Waals surface area contributed by atoms with Gasteiger partial charge in [0.2, 0.25) is 0 Å². The molecule has 4 nitrogen and oxygen atoms in total. The van der Waals surface area contributed by atoms with Crippen molar-refractivity contribution in [3.63, 3.8) is 0 Å². The van der Waals surface area contributed by atoms with E-state index < -0.39 is 13.5 Å². The van der Waals surface area contributed by atoms with E-state index in [1.54, 1.807) is 0 Å². The van der Waals surface area contributed by atoms with Crippen molar-refractivity contribution in [2.75, 3.05) is 0 Å². The predicted octanol–water partition coefficient (Wildman–Crippen LogP) is 13.1. The summed E-state index contributed by atoms with van der Waals surface area (Å²) in [5.41, 5.74) is 12.2. The Morgan fingerprint density at radius 2 is 0.951 bits per heavy atom. The molecule has 8 aromatic carbocycles. The third-order valence-electron chi connectivity index (χ3n) is 12.5. The van der Waals surface area contributed by atoms with Gasteiger partial charge in [0.05, 0.1) is 13.5 Å². The van der Waals surface area contributed by atoms with Gasteiger partial charge in [0.1, 0.15) is 0 Å². The molecule has 0 amide bonds. The lowest BCUT2D eigenvalue weighted by Gasteiger charge is -2.34. The SMILES string of the molecule is C[Si](C)(C)c1ccc(-c2nc(-c3cccc4ccccc34)nc(-c3ccc(-c4ccc5c(c4)C(c4ccccc4)(c4ccccc4)c4ccccc4-5)c4ccncc34)n2)cc1. The Kier molecular flexibility index (Phi) is 8.69. The lowest BCUT2D eigenvalue weighted by Crippen LogP contribution is -2.37. The second-order valence-corrected chi connectivity index (χ2v) is 22.1. The molecule has 61 heavy (non-hydrogen) atoms. The molecule has 0 N–H and O–H groups in total. The molecule has 290 valence electrons. The predicted molar refractivity (Wildman–Crippen MR) is 255 cm³/mol. The topological polar surface area (TPSA) is 51.6 Å². The first-order chi connectivity index (χ1) is 29.9. The lowest BCUT2D eigenvalue weighted by atomic mass is 9.67. The van der Waals surface area contributed by atoms with Crippen LogP contribution >= 0.6 is 0 Å². The molecule has 0 unspecified atom stereocenters. The van der Waals surface area contributed by atoms with E-state index in [1.807, 2.05) is 12.4 Å². The molecule has 0 aliphatic heterocycles. The summed E-state index contributed by atoms with van der Waals surface area (Å²) in [6.07, 6.45) is 3.84. The van der Waals surface area contributed by atoms with E-state index in [2.05, 4.69) is 213 Å². The molecule has 11 rings (SSSR count). The fourth-order valence-electron chi connectivity index (χ4n) is 9.53. The summed E-state index contributed by atoms with van der Waals surface area (Å²) in [4.78, 5) is 20.4. The van der Waals surface area contributed by atoms with Crippen LogP contribution < -0.4 is 5.19 Å². The maximum absolute atomic E-state index is 5.27.